The van der Waals surface area contributed by atoms with Crippen LogP contribution in [0.1, 0.15) is 53.3 Å². The number of ether oxygens (including phenoxy) is 1. The van der Waals surface area contributed by atoms with E-state index < -0.39 is 5.60 Å². The molecule has 144 valence electrons. The minimum Gasteiger partial charge on any atom is -0.451 e. The van der Waals surface area contributed by atoms with Gasteiger partial charge in [0.15, 0.2) is 5.82 Å². The Balaban J connectivity index is 1.24. The number of hydrogen-bond donors (Lipinski definition) is 1. The lowest BCUT2D eigenvalue weighted by Gasteiger charge is -2.35. The topological polar surface area (TPSA) is 85.2 Å². The molecule has 1 aliphatic heterocycles. The van der Waals surface area contributed by atoms with Crippen LogP contribution in [0.15, 0.2) is 54.6 Å². The second-order valence-electron chi connectivity index (χ2n) is 7.83. The van der Waals surface area contributed by atoms with Crippen LogP contribution in [-0.4, -0.2) is 30.8 Å². The third-order valence-electron chi connectivity index (χ3n) is 6.17. The lowest BCUT2D eigenvalue weighted by atomic mass is 9.75. The fraction of sp³-hybridized carbons (Fsp3) is 0.273. The van der Waals surface area contributed by atoms with Crippen molar-refractivity contribution in [3.8, 4) is 11.4 Å². The molecule has 0 radical (unpaired) electrons. The van der Waals surface area contributed by atoms with E-state index in [2.05, 4.69) is 20.2 Å². The summed E-state index contributed by atoms with van der Waals surface area (Å²) in [5.41, 5.74) is 2.23. The maximum Gasteiger partial charge on any atom is 0.339 e. The molecule has 3 heterocycles. The van der Waals surface area contributed by atoms with Gasteiger partial charge in [0.2, 0.25) is 5.78 Å². The van der Waals surface area contributed by atoms with Crippen molar-refractivity contribution in [1.82, 2.24) is 24.8 Å². The van der Waals surface area contributed by atoms with E-state index in [1.165, 1.54) is 0 Å². The van der Waals surface area contributed by atoms with E-state index in [9.17, 15) is 4.79 Å². The van der Waals surface area contributed by atoms with Crippen LogP contribution in [0.5, 0.6) is 0 Å². The Morgan fingerprint density at radius 2 is 1.76 bits per heavy atom. The number of benzene rings is 2. The van der Waals surface area contributed by atoms with Crippen LogP contribution in [0.4, 0.5) is 0 Å². The Morgan fingerprint density at radius 3 is 2.55 bits per heavy atom. The van der Waals surface area contributed by atoms with Crippen LogP contribution in [0.3, 0.4) is 0 Å². The maximum atomic E-state index is 12.3. The number of H-pyrrole nitrogens is 1. The predicted molar refractivity (Wildman–Crippen MR) is 105 cm³/mol. The van der Waals surface area contributed by atoms with Gasteiger partial charge in [0.1, 0.15) is 11.4 Å². The van der Waals surface area contributed by atoms with Gasteiger partial charge in [-0.1, -0.05) is 48.5 Å². The monoisotopic (exact) mass is 385 g/mol. The van der Waals surface area contributed by atoms with Crippen molar-refractivity contribution in [2.45, 2.75) is 37.2 Å². The van der Waals surface area contributed by atoms with Crippen LogP contribution < -0.4 is 0 Å². The highest BCUT2D eigenvalue weighted by atomic mass is 16.6. The molecule has 0 atom stereocenters. The summed E-state index contributed by atoms with van der Waals surface area (Å²) in [5.74, 6) is 2.28. The molecule has 1 N–H and O–H groups in total. The molecule has 1 spiro atoms. The van der Waals surface area contributed by atoms with Gasteiger partial charge in [-0.05, 0) is 31.7 Å². The van der Waals surface area contributed by atoms with Crippen LogP contribution in [0, 0.1) is 0 Å². The molecule has 6 rings (SSSR count). The van der Waals surface area contributed by atoms with Crippen molar-refractivity contribution < 1.29 is 9.53 Å². The summed E-state index contributed by atoms with van der Waals surface area (Å²) in [6, 6.07) is 17.6. The fourth-order valence-corrected chi connectivity index (χ4v) is 4.66. The summed E-state index contributed by atoms with van der Waals surface area (Å²) in [5, 5.41) is 9.14. The zero-order valence-electron chi connectivity index (χ0n) is 15.7. The summed E-state index contributed by atoms with van der Waals surface area (Å²) >= 11 is 0. The Morgan fingerprint density at radius 1 is 1.00 bits per heavy atom. The van der Waals surface area contributed by atoms with E-state index in [1.807, 2.05) is 54.6 Å². The first-order chi connectivity index (χ1) is 14.2. The fourth-order valence-electron chi connectivity index (χ4n) is 4.66. The van der Waals surface area contributed by atoms with Crippen LogP contribution in [-0.2, 0) is 10.3 Å². The first kappa shape index (κ1) is 16.5. The summed E-state index contributed by atoms with van der Waals surface area (Å²) in [4.78, 5) is 20.2. The minimum atomic E-state index is -0.477. The average molecular weight is 385 g/mol. The van der Waals surface area contributed by atoms with Gasteiger partial charge < -0.3 is 9.72 Å². The van der Waals surface area contributed by atoms with Gasteiger partial charge in [-0.3, -0.25) is 0 Å². The van der Waals surface area contributed by atoms with Gasteiger partial charge in [-0.25, -0.2) is 4.79 Å². The molecule has 7 heteroatoms. The molecule has 7 nitrogen and oxygen atoms in total. The Labute approximate surface area is 166 Å². The molecule has 0 saturated heterocycles. The Kier molecular flexibility index (Phi) is 3.41. The summed E-state index contributed by atoms with van der Waals surface area (Å²) < 4.78 is 7.43. The number of aromatic nitrogens is 5. The third kappa shape index (κ3) is 2.50. The normalized spacial score (nSPS) is 23.4. The molecule has 2 aliphatic rings. The van der Waals surface area contributed by atoms with E-state index in [-0.39, 0.29) is 11.9 Å². The van der Waals surface area contributed by atoms with E-state index in [4.69, 9.17) is 4.74 Å². The Hall–Kier alpha value is -3.48. The van der Waals surface area contributed by atoms with Gasteiger partial charge in [-0.15, -0.1) is 14.8 Å². The number of esters is 1. The molecule has 29 heavy (non-hydrogen) atoms. The summed E-state index contributed by atoms with van der Waals surface area (Å²) in [7, 11) is 0. The van der Waals surface area contributed by atoms with E-state index in [0.29, 0.717) is 17.2 Å². The number of hydrogen-bond acceptors (Lipinski definition) is 5. The molecule has 1 aliphatic carbocycles. The standard InChI is InChI=1S/C22H19N5O2/c28-20-16-8-4-5-9-17(16)22(29-20)12-10-15(11-13-22)19-24-21-23-18(25-27(21)26-19)14-6-2-1-3-7-14/h1-9,15H,10-13H2,(H,23,24,25,26). The van der Waals surface area contributed by atoms with Crippen molar-refractivity contribution in [2.75, 3.05) is 0 Å². The van der Waals surface area contributed by atoms with Crippen molar-refractivity contribution in [3.05, 3.63) is 71.5 Å². The third-order valence-corrected chi connectivity index (χ3v) is 6.17. The first-order valence-electron chi connectivity index (χ1n) is 9.93. The number of aromatic amines is 1. The van der Waals surface area contributed by atoms with Gasteiger partial charge in [0.25, 0.3) is 0 Å². The highest BCUT2D eigenvalue weighted by Crippen LogP contribution is 2.49. The van der Waals surface area contributed by atoms with Gasteiger partial charge >= 0.3 is 5.97 Å². The number of fused-ring (bicyclic) bond motifs is 3. The van der Waals surface area contributed by atoms with Gasteiger partial charge in [0, 0.05) is 17.0 Å². The molecule has 1 saturated carbocycles. The SMILES string of the molecule is O=C1OC2(CCC(c3nn4nc(-c5ccccc5)nc4[nH]3)CC2)c2ccccc21. The van der Waals surface area contributed by atoms with Gasteiger partial charge in [0.05, 0.1) is 5.56 Å². The zero-order chi connectivity index (χ0) is 19.4. The summed E-state index contributed by atoms with van der Waals surface area (Å²) in [6.45, 7) is 0. The van der Waals surface area contributed by atoms with E-state index in [1.54, 1.807) is 4.63 Å². The highest BCUT2D eigenvalue weighted by Gasteiger charge is 2.47. The first-order valence-corrected chi connectivity index (χ1v) is 9.93. The highest BCUT2D eigenvalue weighted by molar-refractivity contribution is 5.94. The number of carbonyl (C=O) groups is 1. The molecular formula is C22H19N5O2. The Bertz CT molecular complexity index is 1190. The minimum absolute atomic E-state index is 0.201. The lowest BCUT2D eigenvalue weighted by molar-refractivity contribution is -0.0312. The predicted octanol–water partition coefficient (Wildman–Crippen LogP) is 3.84. The van der Waals surface area contributed by atoms with E-state index in [0.717, 1.165) is 42.6 Å². The molecule has 0 bridgehead atoms. The average Bonchev–Trinajstić information content (AvgIpc) is 3.41. The molecule has 2 aromatic heterocycles. The van der Waals surface area contributed by atoms with Crippen molar-refractivity contribution in [1.29, 1.82) is 0 Å². The van der Waals surface area contributed by atoms with Gasteiger partial charge in [-0.2, -0.15) is 4.98 Å². The second kappa shape index (κ2) is 6.01. The molecule has 2 aromatic carbocycles. The maximum absolute atomic E-state index is 12.3. The number of nitrogens with one attached hydrogen (secondary N) is 1. The molecular weight excluding hydrogens is 366 g/mol. The molecule has 0 amide bonds. The van der Waals surface area contributed by atoms with Crippen molar-refractivity contribution in [3.63, 3.8) is 0 Å². The number of rotatable bonds is 2. The van der Waals surface area contributed by atoms with Crippen molar-refractivity contribution in [2.24, 2.45) is 0 Å². The second-order valence-corrected chi connectivity index (χ2v) is 7.83. The number of carbonyl (C=O) groups excluding carboxylic acids is 1. The van der Waals surface area contributed by atoms with Crippen LogP contribution >= 0.6 is 0 Å². The lowest BCUT2D eigenvalue weighted by Crippen LogP contribution is -2.31. The smallest absolute Gasteiger partial charge is 0.339 e. The van der Waals surface area contributed by atoms with Crippen molar-refractivity contribution >= 4 is 11.7 Å². The van der Waals surface area contributed by atoms with E-state index >= 15 is 0 Å². The van der Waals surface area contributed by atoms with Crippen LogP contribution in [0.2, 0.25) is 0 Å². The van der Waals surface area contributed by atoms with Crippen LogP contribution in [0.25, 0.3) is 17.2 Å². The molecule has 0 unspecified atom stereocenters. The largest absolute Gasteiger partial charge is 0.451 e. The zero-order valence-corrected chi connectivity index (χ0v) is 15.7. The quantitative estimate of drug-likeness (QED) is 0.530. The number of nitrogens with zero attached hydrogens (tertiary/aromatic N) is 4. The molecule has 4 aromatic rings. The molecule has 1 fully saturated rings. The summed E-state index contributed by atoms with van der Waals surface area (Å²) in [6.07, 6.45) is 3.38.